The summed E-state index contributed by atoms with van der Waals surface area (Å²) in [6.45, 7) is 0.847. The summed E-state index contributed by atoms with van der Waals surface area (Å²) in [4.78, 5) is 44.0. The molecule has 0 aromatic heterocycles. The largest absolute Gasteiger partial charge is 0.465 e. The number of nitrogens with two attached hydrogens (primary N) is 1. The van der Waals surface area contributed by atoms with Crippen LogP contribution in [-0.4, -0.2) is 56.5 Å². The molecule has 0 aromatic rings. The lowest BCUT2D eigenvalue weighted by molar-refractivity contribution is -0.143. The molecular formula is C10H19BrN4O5. The first-order valence-corrected chi connectivity index (χ1v) is 5.65. The molecule has 0 atom stereocenters. The molecule has 116 valence electrons. The molecule has 0 radical (unpaired) electrons. The molecule has 0 fully saturated rings. The molecule has 0 aromatic carbocycles. The molecule has 3 amide bonds. The van der Waals surface area contributed by atoms with Crippen LogP contribution in [0.15, 0.2) is 0 Å². The maximum absolute atomic E-state index is 11.2. The van der Waals surface area contributed by atoms with Crippen LogP contribution in [0.25, 0.3) is 0 Å². The molecule has 0 rings (SSSR count). The Morgan fingerprint density at radius 3 is 1.80 bits per heavy atom. The highest BCUT2D eigenvalue weighted by atomic mass is 79.9. The lowest BCUT2D eigenvalue weighted by Crippen LogP contribution is -2.44. The van der Waals surface area contributed by atoms with Gasteiger partial charge in [0, 0.05) is 0 Å². The summed E-state index contributed by atoms with van der Waals surface area (Å²) in [5.41, 5.74) is 5.02. The van der Waals surface area contributed by atoms with Gasteiger partial charge in [-0.2, -0.15) is 0 Å². The molecule has 0 aliphatic carbocycles. The average molecular weight is 355 g/mol. The van der Waals surface area contributed by atoms with Gasteiger partial charge in [-0.05, 0) is 6.92 Å². The van der Waals surface area contributed by atoms with Crippen LogP contribution in [0.2, 0.25) is 0 Å². The Morgan fingerprint density at radius 2 is 1.35 bits per heavy atom. The van der Waals surface area contributed by atoms with Crippen molar-refractivity contribution >= 4 is 40.7 Å². The molecule has 0 aliphatic heterocycles. The van der Waals surface area contributed by atoms with E-state index < -0.39 is 23.7 Å². The number of carbonyl (C=O) groups excluding carboxylic acids is 4. The molecular weight excluding hydrogens is 336 g/mol. The van der Waals surface area contributed by atoms with Gasteiger partial charge >= 0.3 is 5.97 Å². The fourth-order valence-electron chi connectivity index (χ4n) is 0.938. The van der Waals surface area contributed by atoms with Crippen molar-refractivity contribution in [2.24, 2.45) is 5.73 Å². The van der Waals surface area contributed by atoms with Crippen molar-refractivity contribution in [1.82, 2.24) is 16.0 Å². The first-order valence-electron chi connectivity index (χ1n) is 5.65. The van der Waals surface area contributed by atoms with E-state index in [1.807, 2.05) is 0 Å². The molecule has 20 heavy (non-hydrogen) atoms. The van der Waals surface area contributed by atoms with E-state index in [0.29, 0.717) is 0 Å². The van der Waals surface area contributed by atoms with Gasteiger partial charge < -0.3 is 26.4 Å². The zero-order chi connectivity index (χ0) is 14.7. The number of halogens is 1. The normalized spacial score (nSPS) is 8.90. The van der Waals surface area contributed by atoms with Crippen LogP contribution in [0.3, 0.4) is 0 Å². The van der Waals surface area contributed by atoms with E-state index >= 15 is 0 Å². The van der Waals surface area contributed by atoms with E-state index in [4.69, 9.17) is 5.73 Å². The predicted octanol–water partition coefficient (Wildman–Crippen LogP) is -2.57. The van der Waals surface area contributed by atoms with Crippen molar-refractivity contribution in [3.05, 3.63) is 0 Å². The van der Waals surface area contributed by atoms with E-state index in [9.17, 15) is 19.2 Å². The Balaban J connectivity index is 0. The quantitative estimate of drug-likeness (QED) is 0.353. The van der Waals surface area contributed by atoms with Gasteiger partial charge in [0.15, 0.2) is 0 Å². The number of esters is 1. The number of hydrogen-bond donors (Lipinski definition) is 4. The number of ether oxygens (including phenoxy) is 1. The van der Waals surface area contributed by atoms with Crippen molar-refractivity contribution in [2.45, 2.75) is 6.92 Å². The van der Waals surface area contributed by atoms with Crippen LogP contribution in [0.1, 0.15) is 6.92 Å². The van der Waals surface area contributed by atoms with Gasteiger partial charge in [-0.15, -0.1) is 17.0 Å². The van der Waals surface area contributed by atoms with Crippen LogP contribution < -0.4 is 21.7 Å². The SMILES string of the molecule is Br.CCOC(=O)CNC(=O)CNC(=O)CNC(=O)CN. The smallest absolute Gasteiger partial charge is 0.325 e. The Kier molecular flexibility index (Phi) is 12.8. The average Bonchev–Trinajstić information content (AvgIpc) is 2.40. The number of hydrogen-bond acceptors (Lipinski definition) is 6. The van der Waals surface area contributed by atoms with Crippen LogP contribution in [-0.2, 0) is 23.9 Å². The van der Waals surface area contributed by atoms with E-state index in [1.54, 1.807) is 6.92 Å². The number of rotatable bonds is 8. The molecule has 0 saturated heterocycles. The predicted molar refractivity (Wildman–Crippen MR) is 75.0 cm³/mol. The minimum Gasteiger partial charge on any atom is -0.465 e. The maximum Gasteiger partial charge on any atom is 0.325 e. The van der Waals surface area contributed by atoms with E-state index in [0.717, 1.165) is 0 Å². The molecule has 5 N–H and O–H groups in total. The molecule has 10 heteroatoms. The summed E-state index contributed by atoms with van der Waals surface area (Å²) in [6.07, 6.45) is 0. The van der Waals surface area contributed by atoms with Gasteiger partial charge in [0.05, 0.1) is 26.2 Å². The molecule has 0 heterocycles. The zero-order valence-electron chi connectivity index (χ0n) is 11.1. The highest BCUT2D eigenvalue weighted by Crippen LogP contribution is 1.75. The van der Waals surface area contributed by atoms with E-state index in [2.05, 4.69) is 20.7 Å². The number of amides is 3. The molecule has 0 spiro atoms. The summed E-state index contributed by atoms with van der Waals surface area (Å²) < 4.78 is 4.59. The standard InChI is InChI=1S/C10H18N4O5.BrH/c1-2-19-10(18)6-14-9(17)5-13-8(16)4-12-7(15)3-11;/h2-6,11H2,1H3,(H,12,15)(H,13,16)(H,14,17);1H. The fraction of sp³-hybridized carbons (Fsp3) is 0.600. The second-order valence-electron chi connectivity index (χ2n) is 3.34. The second kappa shape index (κ2) is 12.4. The molecule has 0 saturated carbocycles. The van der Waals surface area contributed by atoms with E-state index in [1.165, 1.54) is 0 Å². The van der Waals surface area contributed by atoms with Crippen molar-refractivity contribution in [2.75, 3.05) is 32.8 Å². The zero-order valence-corrected chi connectivity index (χ0v) is 12.8. The molecule has 0 aliphatic rings. The first kappa shape index (κ1) is 20.6. The Morgan fingerprint density at radius 1 is 0.900 bits per heavy atom. The lowest BCUT2D eigenvalue weighted by atomic mass is 10.5. The fourth-order valence-corrected chi connectivity index (χ4v) is 0.938. The Labute approximate surface area is 126 Å². The van der Waals surface area contributed by atoms with Crippen molar-refractivity contribution < 1.29 is 23.9 Å². The Hall–Kier alpha value is -1.68. The monoisotopic (exact) mass is 354 g/mol. The minimum absolute atomic E-state index is 0. The van der Waals surface area contributed by atoms with Crippen LogP contribution in [0.4, 0.5) is 0 Å². The third kappa shape index (κ3) is 11.4. The summed E-state index contributed by atoms with van der Waals surface area (Å²) in [5.74, 6) is -2.10. The summed E-state index contributed by atoms with van der Waals surface area (Å²) >= 11 is 0. The van der Waals surface area contributed by atoms with Gasteiger partial charge in [-0.3, -0.25) is 19.2 Å². The maximum atomic E-state index is 11.2. The van der Waals surface area contributed by atoms with Gasteiger partial charge in [0.2, 0.25) is 17.7 Å². The summed E-state index contributed by atoms with van der Waals surface area (Å²) in [7, 11) is 0. The first-order chi connectivity index (χ1) is 8.99. The second-order valence-corrected chi connectivity index (χ2v) is 3.34. The van der Waals surface area contributed by atoms with Gasteiger partial charge in [0.25, 0.3) is 0 Å². The molecule has 0 unspecified atom stereocenters. The highest BCUT2D eigenvalue weighted by molar-refractivity contribution is 8.93. The van der Waals surface area contributed by atoms with Gasteiger partial charge in [-0.25, -0.2) is 0 Å². The number of carbonyl (C=O) groups is 4. The Bertz CT molecular complexity index is 351. The van der Waals surface area contributed by atoms with Crippen molar-refractivity contribution in [1.29, 1.82) is 0 Å². The third-order valence-corrected chi connectivity index (χ3v) is 1.81. The van der Waals surface area contributed by atoms with Crippen LogP contribution in [0, 0.1) is 0 Å². The van der Waals surface area contributed by atoms with Crippen molar-refractivity contribution in [3.63, 3.8) is 0 Å². The molecule has 9 nitrogen and oxygen atoms in total. The van der Waals surface area contributed by atoms with Gasteiger partial charge in [-0.1, -0.05) is 0 Å². The third-order valence-electron chi connectivity index (χ3n) is 1.81. The summed E-state index contributed by atoms with van der Waals surface area (Å²) in [5, 5.41) is 6.76. The summed E-state index contributed by atoms with van der Waals surface area (Å²) in [6, 6.07) is 0. The minimum atomic E-state index is -0.558. The van der Waals surface area contributed by atoms with Crippen LogP contribution in [0.5, 0.6) is 0 Å². The number of nitrogens with one attached hydrogen (secondary N) is 3. The van der Waals surface area contributed by atoms with Crippen molar-refractivity contribution in [3.8, 4) is 0 Å². The van der Waals surface area contributed by atoms with E-state index in [-0.39, 0.29) is 49.8 Å². The molecule has 0 bridgehead atoms. The highest BCUT2D eigenvalue weighted by Gasteiger charge is 2.08. The van der Waals surface area contributed by atoms with Crippen LogP contribution >= 0.6 is 17.0 Å². The lowest BCUT2D eigenvalue weighted by Gasteiger charge is -2.07. The topological polar surface area (TPSA) is 140 Å². The van der Waals surface area contributed by atoms with Gasteiger partial charge in [0.1, 0.15) is 6.54 Å².